The van der Waals surface area contributed by atoms with Gasteiger partial charge in [-0.1, -0.05) is 13.8 Å². The van der Waals surface area contributed by atoms with Crippen LogP contribution in [0, 0.1) is 12.8 Å². The number of hydrogen-bond donors (Lipinski definition) is 2. The smallest absolute Gasteiger partial charge is 0.191 e. The van der Waals surface area contributed by atoms with Crippen molar-refractivity contribution in [2.45, 2.75) is 46.2 Å². The molecule has 150 valence electrons. The van der Waals surface area contributed by atoms with Gasteiger partial charge in [-0.2, -0.15) is 0 Å². The molecule has 2 heterocycles. The van der Waals surface area contributed by atoms with Crippen LogP contribution in [0.25, 0.3) is 0 Å². The summed E-state index contributed by atoms with van der Waals surface area (Å²) in [6, 6.07) is 5.26. The molecular formula is C19H35IN4OS. The van der Waals surface area contributed by atoms with Crippen molar-refractivity contribution in [3.8, 4) is 0 Å². The van der Waals surface area contributed by atoms with Crippen LogP contribution < -0.4 is 10.6 Å². The summed E-state index contributed by atoms with van der Waals surface area (Å²) < 4.78 is 5.49. The van der Waals surface area contributed by atoms with Crippen molar-refractivity contribution in [3.05, 3.63) is 21.9 Å². The minimum atomic E-state index is 0. The maximum atomic E-state index is 5.49. The lowest BCUT2D eigenvalue weighted by Crippen LogP contribution is -2.53. The molecule has 0 spiro atoms. The highest BCUT2D eigenvalue weighted by Gasteiger charge is 2.24. The number of nitrogens with one attached hydrogen (secondary N) is 2. The minimum Gasteiger partial charge on any atom is -0.379 e. The number of nitrogens with zero attached hydrogens (tertiary/aromatic N) is 2. The number of hydrogen-bond acceptors (Lipinski definition) is 4. The Kier molecular flexibility index (Phi) is 11.1. The molecule has 1 aromatic rings. The van der Waals surface area contributed by atoms with Gasteiger partial charge in [0, 0.05) is 54.9 Å². The minimum absolute atomic E-state index is 0. The van der Waals surface area contributed by atoms with Crippen LogP contribution in [0.3, 0.4) is 0 Å². The van der Waals surface area contributed by atoms with E-state index in [1.807, 2.05) is 18.4 Å². The molecule has 2 rings (SSSR count). The number of thiophene rings is 1. The number of halogens is 1. The third-order valence-corrected chi connectivity index (χ3v) is 5.70. The quantitative estimate of drug-likeness (QED) is 0.348. The monoisotopic (exact) mass is 494 g/mol. The van der Waals surface area contributed by atoms with Gasteiger partial charge in [0.2, 0.25) is 0 Å². The summed E-state index contributed by atoms with van der Waals surface area (Å²) in [4.78, 5) is 9.73. The molecule has 7 heteroatoms. The number of rotatable bonds is 7. The van der Waals surface area contributed by atoms with E-state index in [1.54, 1.807) is 0 Å². The topological polar surface area (TPSA) is 48.9 Å². The highest BCUT2D eigenvalue weighted by Crippen LogP contribution is 2.16. The van der Waals surface area contributed by atoms with Crippen molar-refractivity contribution in [2.24, 2.45) is 10.9 Å². The first-order valence-corrected chi connectivity index (χ1v) is 10.2. The number of morpholine rings is 1. The van der Waals surface area contributed by atoms with E-state index in [2.05, 4.69) is 60.4 Å². The maximum absolute atomic E-state index is 5.49. The van der Waals surface area contributed by atoms with Crippen molar-refractivity contribution >= 4 is 41.3 Å². The predicted octanol–water partition coefficient (Wildman–Crippen LogP) is 3.13. The van der Waals surface area contributed by atoms with E-state index in [4.69, 9.17) is 4.74 Å². The van der Waals surface area contributed by atoms with Gasteiger partial charge < -0.3 is 15.4 Å². The molecule has 0 amide bonds. The molecule has 1 aliphatic rings. The first-order chi connectivity index (χ1) is 12.0. The predicted molar refractivity (Wildman–Crippen MR) is 123 cm³/mol. The lowest BCUT2D eigenvalue weighted by Gasteiger charge is -2.37. The average molecular weight is 494 g/mol. The van der Waals surface area contributed by atoms with E-state index in [1.165, 1.54) is 9.75 Å². The second kappa shape index (κ2) is 12.2. The Labute approximate surface area is 180 Å². The summed E-state index contributed by atoms with van der Waals surface area (Å²) in [6.07, 6.45) is 1.02. The molecule has 2 N–H and O–H groups in total. The van der Waals surface area contributed by atoms with Gasteiger partial charge in [0.15, 0.2) is 5.96 Å². The van der Waals surface area contributed by atoms with Crippen molar-refractivity contribution in [3.63, 3.8) is 0 Å². The Bertz CT molecular complexity index is 543. The number of ether oxygens (including phenoxy) is 1. The average Bonchev–Trinajstić information content (AvgIpc) is 2.99. The van der Waals surface area contributed by atoms with Crippen LogP contribution in [0.4, 0.5) is 0 Å². The molecule has 0 saturated carbocycles. The first kappa shape index (κ1) is 23.7. The van der Waals surface area contributed by atoms with E-state index in [0.29, 0.717) is 18.0 Å². The first-order valence-electron chi connectivity index (χ1n) is 9.34. The lowest BCUT2D eigenvalue weighted by atomic mass is 10.0. The molecule has 5 nitrogen and oxygen atoms in total. The van der Waals surface area contributed by atoms with E-state index in [9.17, 15) is 0 Å². The fraction of sp³-hybridized carbons (Fsp3) is 0.737. The molecule has 0 aliphatic carbocycles. The highest BCUT2D eigenvalue weighted by atomic mass is 127. The molecule has 1 fully saturated rings. The van der Waals surface area contributed by atoms with Gasteiger partial charge in [-0.3, -0.25) is 9.89 Å². The van der Waals surface area contributed by atoms with Gasteiger partial charge in [0.25, 0.3) is 0 Å². The number of aryl methyl sites for hydroxylation is 1. The van der Waals surface area contributed by atoms with E-state index >= 15 is 0 Å². The molecule has 0 radical (unpaired) electrons. The third-order valence-electron chi connectivity index (χ3n) is 4.67. The van der Waals surface area contributed by atoms with Crippen molar-refractivity contribution in [1.29, 1.82) is 0 Å². The Balaban J connectivity index is 0.00000338. The molecular weight excluding hydrogens is 459 g/mol. The summed E-state index contributed by atoms with van der Waals surface area (Å²) in [5, 5.41) is 7.05. The molecule has 0 aromatic carbocycles. The zero-order chi connectivity index (χ0) is 18.2. The fourth-order valence-electron chi connectivity index (χ4n) is 3.27. The molecule has 1 saturated heterocycles. The fourth-order valence-corrected chi connectivity index (χ4v) is 4.29. The highest BCUT2D eigenvalue weighted by molar-refractivity contribution is 14.0. The Morgan fingerprint density at radius 3 is 2.50 bits per heavy atom. The van der Waals surface area contributed by atoms with Crippen molar-refractivity contribution in [2.75, 3.05) is 39.9 Å². The van der Waals surface area contributed by atoms with Crippen molar-refractivity contribution < 1.29 is 4.74 Å². The van der Waals surface area contributed by atoms with Crippen LogP contribution in [0.5, 0.6) is 0 Å². The second-order valence-corrected chi connectivity index (χ2v) is 8.55. The Morgan fingerprint density at radius 2 is 1.96 bits per heavy atom. The molecule has 26 heavy (non-hydrogen) atoms. The van der Waals surface area contributed by atoms with Crippen LogP contribution in [0.1, 0.15) is 30.5 Å². The van der Waals surface area contributed by atoms with Crippen molar-refractivity contribution in [1.82, 2.24) is 15.5 Å². The molecule has 1 aromatic heterocycles. The van der Waals surface area contributed by atoms with Gasteiger partial charge in [-0.25, -0.2) is 0 Å². The van der Waals surface area contributed by atoms with E-state index < -0.39 is 0 Å². The van der Waals surface area contributed by atoms with Crippen LogP contribution in [-0.4, -0.2) is 62.8 Å². The number of aliphatic imine (C=N–C) groups is 1. The van der Waals surface area contributed by atoms with Gasteiger partial charge in [0.1, 0.15) is 0 Å². The Hall–Kier alpha value is -0.380. The summed E-state index contributed by atoms with van der Waals surface area (Å²) in [6.45, 7) is 13.6. The maximum Gasteiger partial charge on any atom is 0.191 e. The summed E-state index contributed by atoms with van der Waals surface area (Å²) in [5.41, 5.74) is 0. The van der Waals surface area contributed by atoms with Crippen LogP contribution >= 0.6 is 35.3 Å². The Morgan fingerprint density at radius 1 is 1.27 bits per heavy atom. The van der Waals surface area contributed by atoms with Gasteiger partial charge in [0.05, 0.1) is 13.2 Å². The summed E-state index contributed by atoms with van der Waals surface area (Å²) in [7, 11) is 1.84. The van der Waals surface area contributed by atoms with Gasteiger partial charge >= 0.3 is 0 Å². The largest absolute Gasteiger partial charge is 0.379 e. The second-order valence-electron chi connectivity index (χ2n) is 7.17. The van der Waals surface area contributed by atoms with Crippen LogP contribution in [0.15, 0.2) is 17.1 Å². The normalized spacial score (nSPS) is 18.3. The van der Waals surface area contributed by atoms with Crippen LogP contribution in [-0.2, 0) is 11.2 Å². The van der Waals surface area contributed by atoms with Crippen LogP contribution in [0.2, 0.25) is 0 Å². The van der Waals surface area contributed by atoms with E-state index in [-0.39, 0.29) is 24.0 Å². The molecule has 2 unspecified atom stereocenters. The lowest BCUT2D eigenvalue weighted by molar-refractivity contribution is 0.00751. The van der Waals surface area contributed by atoms with Gasteiger partial charge in [-0.05, 0) is 31.9 Å². The SMILES string of the molecule is CN=C(NCC(C(C)C)N1CCOCC1)NC(C)Cc1ccc(C)s1.I. The third kappa shape index (κ3) is 7.70. The summed E-state index contributed by atoms with van der Waals surface area (Å²) >= 11 is 1.87. The summed E-state index contributed by atoms with van der Waals surface area (Å²) in [5.74, 6) is 1.48. The number of guanidine groups is 1. The zero-order valence-corrected chi connectivity index (χ0v) is 19.9. The standard InChI is InChI=1S/C19H34N4OS.HI/c1-14(2)18(23-8-10-24-11-9-23)13-21-19(20-5)22-15(3)12-17-7-6-16(4)25-17;/h6-7,14-15,18H,8-13H2,1-5H3,(H2,20,21,22);1H. The zero-order valence-electron chi connectivity index (χ0n) is 16.7. The molecule has 0 bridgehead atoms. The van der Waals surface area contributed by atoms with Gasteiger partial charge in [-0.15, -0.1) is 35.3 Å². The molecule has 2 atom stereocenters. The molecule has 1 aliphatic heterocycles. The van der Waals surface area contributed by atoms with E-state index in [0.717, 1.165) is 45.2 Å².